The molecule has 2 aromatic heterocycles. The lowest BCUT2D eigenvalue weighted by molar-refractivity contribution is 0.0712. The van der Waals surface area contributed by atoms with Gasteiger partial charge in [-0.2, -0.15) is 0 Å². The van der Waals surface area contributed by atoms with Crippen molar-refractivity contribution in [2.45, 2.75) is 18.8 Å². The van der Waals surface area contributed by atoms with E-state index in [-0.39, 0.29) is 5.91 Å². The third kappa shape index (κ3) is 3.01. The van der Waals surface area contributed by atoms with Crippen LogP contribution in [0, 0.1) is 0 Å². The number of halogens is 1. The van der Waals surface area contributed by atoms with Gasteiger partial charge in [0.15, 0.2) is 0 Å². The molecule has 4 nitrogen and oxygen atoms in total. The van der Waals surface area contributed by atoms with Gasteiger partial charge in [0.2, 0.25) is 0 Å². The first kappa shape index (κ1) is 15.5. The molecule has 24 heavy (non-hydrogen) atoms. The predicted molar refractivity (Wildman–Crippen MR) is 96.7 cm³/mol. The van der Waals surface area contributed by atoms with Gasteiger partial charge >= 0.3 is 0 Å². The number of pyridine rings is 1. The van der Waals surface area contributed by atoms with E-state index < -0.39 is 0 Å². The first-order chi connectivity index (χ1) is 11.7. The maximum Gasteiger partial charge on any atom is 0.255 e. The number of hydrogen-bond acceptors (Lipinski definition) is 4. The Morgan fingerprint density at radius 2 is 2.08 bits per heavy atom. The standard InChI is InChI=1S/C18H16ClN3OS/c19-14-3-4-16-15(10-14)21-17(24-16)12-5-8-22(9-6-12)18(23)13-2-1-7-20-11-13/h1-4,7,10-12H,5-6,8-9H2. The minimum absolute atomic E-state index is 0.0673. The Morgan fingerprint density at radius 3 is 2.83 bits per heavy atom. The number of piperidine rings is 1. The van der Waals surface area contributed by atoms with Gasteiger partial charge in [-0.05, 0) is 43.2 Å². The van der Waals surface area contributed by atoms with Crippen LogP contribution in [0.25, 0.3) is 10.2 Å². The van der Waals surface area contributed by atoms with Crippen molar-refractivity contribution in [3.05, 3.63) is 58.3 Å². The minimum Gasteiger partial charge on any atom is -0.339 e. The van der Waals surface area contributed by atoms with Gasteiger partial charge in [-0.1, -0.05) is 11.6 Å². The van der Waals surface area contributed by atoms with E-state index in [2.05, 4.69) is 4.98 Å². The number of amides is 1. The highest BCUT2D eigenvalue weighted by atomic mass is 35.5. The molecular weight excluding hydrogens is 342 g/mol. The molecule has 1 saturated heterocycles. The molecule has 6 heteroatoms. The molecule has 0 saturated carbocycles. The van der Waals surface area contributed by atoms with Gasteiger partial charge in [-0.15, -0.1) is 11.3 Å². The van der Waals surface area contributed by atoms with Crippen LogP contribution in [0.5, 0.6) is 0 Å². The molecule has 4 rings (SSSR count). The molecule has 3 aromatic rings. The van der Waals surface area contributed by atoms with Crippen molar-refractivity contribution in [1.82, 2.24) is 14.9 Å². The molecule has 0 radical (unpaired) electrons. The third-order valence-corrected chi connectivity index (χ3v) is 5.84. The summed E-state index contributed by atoms with van der Waals surface area (Å²) in [5.41, 5.74) is 1.63. The summed E-state index contributed by atoms with van der Waals surface area (Å²) in [5, 5.41) is 1.87. The van der Waals surface area contributed by atoms with Gasteiger partial charge in [-0.25, -0.2) is 4.98 Å². The molecule has 0 N–H and O–H groups in total. The molecule has 0 unspecified atom stereocenters. The Balaban J connectivity index is 1.46. The summed E-state index contributed by atoms with van der Waals surface area (Å²) in [6, 6.07) is 9.46. The Hall–Kier alpha value is -1.98. The van der Waals surface area contributed by atoms with Crippen molar-refractivity contribution in [3.63, 3.8) is 0 Å². The zero-order valence-corrected chi connectivity index (χ0v) is 14.6. The number of hydrogen-bond donors (Lipinski definition) is 0. The monoisotopic (exact) mass is 357 g/mol. The minimum atomic E-state index is 0.0673. The van der Waals surface area contributed by atoms with Crippen LogP contribution in [0.2, 0.25) is 5.02 Å². The number of aromatic nitrogens is 2. The third-order valence-electron chi connectivity index (χ3n) is 4.41. The van der Waals surface area contributed by atoms with Crippen LogP contribution < -0.4 is 0 Å². The summed E-state index contributed by atoms with van der Waals surface area (Å²) in [4.78, 5) is 23.2. The average Bonchev–Trinajstić information content (AvgIpc) is 3.05. The molecule has 1 aliphatic rings. The van der Waals surface area contributed by atoms with Gasteiger partial charge in [0.1, 0.15) is 0 Å². The second kappa shape index (κ2) is 6.49. The summed E-state index contributed by atoms with van der Waals surface area (Å²) in [6.45, 7) is 1.52. The van der Waals surface area contributed by atoms with Crippen LogP contribution in [0.4, 0.5) is 0 Å². The quantitative estimate of drug-likeness (QED) is 0.684. The summed E-state index contributed by atoms with van der Waals surface area (Å²) >= 11 is 7.78. The van der Waals surface area contributed by atoms with Crippen LogP contribution in [0.1, 0.15) is 34.1 Å². The van der Waals surface area contributed by atoms with Crippen LogP contribution in [0.3, 0.4) is 0 Å². The predicted octanol–water partition coefficient (Wildman–Crippen LogP) is 4.36. The van der Waals surface area contributed by atoms with E-state index in [1.54, 1.807) is 29.8 Å². The Bertz CT molecular complexity index is 872. The fourth-order valence-corrected chi connectivity index (χ4v) is 4.38. The number of benzene rings is 1. The van der Waals surface area contributed by atoms with E-state index >= 15 is 0 Å². The van der Waals surface area contributed by atoms with E-state index in [0.717, 1.165) is 41.5 Å². The van der Waals surface area contributed by atoms with Crippen LogP contribution in [0.15, 0.2) is 42.7 Å². The molecule has 3 heterocycles. The second-order valence-corrected chi connectivity index (χ2v) is 7.47. The van der Waals surface area contributed by atoms with Gasteiger partial charge < -0.3 is 4.90 Å². The number of thiazole rings is 1. The summed E-state index contributed by atoms with van der Waals surface area (Å²) < 4.78 is 1.17. The van der Waals surface area contributed by atoms with Crippen LogP contribution in [-0.2, 0) is 0 Å². The van der Waals surface area contributed by atoms with Crippen molar-refractivity contribution in [3.8, 4) is 0 Å². The molecule has 0 spiro atoms. The van der Waals surface area contributed by atoms with Crippen LogP contribution >= 0.6 is 22.9 Å². The lowest BCUT2D eigenvalue weighted by Crippen LogP contribution is -2.37. The fourth-order valence-electron chi connectivity index (χ4n) is 3.09. The zero-order chi connectivity index (χ0) is 16.5. The average molecular weight is 358 g/mol. The lowest BCUT2D eigenvalue weighted by atomic mass is 9.97. The van der Waals surface area contributed by atoms with Crippen molar-refractivity contribution >= 4 is 39.1 Å². The van der Waals surface area contributed by atoms with Crippen molar-refractivity contribution in [1.29, 1.82) is 0 Å². The summed E-state index contributed by atoms with van der Waals surface area (Å²) in [5.74, 6) is 0.483. The first-order valence-corrected chi connectivity index (χ1v) is 9.15. The molecule has 1 fully saturated rings. The zero-order valence-electron chi connectivity index (χ0n) is 13.0. The molecule has 1 aromatic carbocycles. The molecule has 1 aliphatic heterocycles. The van der Waals surface area contributed by atoms with Crippen molar-refractivity contribution < 1.29 is 4.79 Å². The largest absolute Gasteiger partial charge is 0.339 e. The van der Waals surface area contributed by atoms with E-state index in [0.29, 0.717) is 11.5 Å². The molecular formula is C18H16ClN3OS. The maximum absolute atomic E-state index is 12.5. The topological polar surface area (TPSA) is 46.1 Å². The normalized spacial score (nSPS) is 15.8. The molecule has 122 valence electrons. The highest BCUT2D eigenvalue weighted by molar-refractivity contribution is 7.18. The SMILES string of the molecule is O=C(c1cccnc1)N1CCC(c2nc3cc(Cl)ccc3s2)CC1. The van der Waals surface area contributed by atoms with Gasteiger partial charge in [0, 0.05) is 36.4 Å². The number of fused-ring (bicyclic) bond motifs is 1. The highest BCUT2D eigenvalue weighted by Crippen LogP contribution is 2.34. The van der Waals surface area contributed by atoms with E-state index in [9.17, 15) is 4.79 Å². The molecule has 0 aliphatic carbocycles. The number of likely N-dealkylation sites (tertiary alicyclic amines) is 1. The smallest absolute Gasteiger partial charge is 0.255 e. The number of carbonyl (C=O) groups excluding carboxylic acids is 1. The molecule has 1 amide bonds. The Kier molecular flexibility index (Phi) is 4.21. The van der Waals surface area contributed by atoms with E-state index in [1.807, 2.05) is 29.2 Å². The van der Waals surface area contributed by atoms with Gasteiger partial charge in [0.05, 0.1) is 20.8 Å². The van der Waals surface area contributed by atoms with E-state index in [4.69, 9.17) is 16.6 Å². The van der Waals surface area contributed by atoms with Gasteiger partial charge in [-0.3, -0.25) is 9.78 Å². The van der Waals surface area contributed by atoms with E-state index in [1.165, 1.54) is 4.70 Å². The highest BCUT2D eigenvalue weighted by Gasteiger charge is 2.26. The van der Waals surface area contributed by atoms with Gasteiger partial charge in [0.25, 0.3) is 5.91 Å². The Morgan fingerprint density at radius 1 is 1.25 bits per heavy atom. The number of nitrogens with zero attached hydrogens (tertiary/aromatic N) is 3. The number of rotatable bonds is 2. The first-order valence-electron chi connectivity index (χ1n) is 7.96. The van der Waals surface area contributed by atoms with Crippen molar-refractivity contribution in [2.24, 2.45) is 0 Å². The second-order valence-electron chi connectivity index (χ2n) is 5.97. The molecule has 0 bridgehead atoms. The summed E-state index contributed by atoms with van der Waals surface area (Å²) in [6.07, 6.45) is 5.20. The lowest BCUT2D eigenvalue weighted by Gasteiger charge is -2.31. The van der Waals surface area contributed by atoms with Crippen molar-refractivity contribution in [2.75, 3.05) is 13.1 Å². The molecule has 0 atom stereocenters. The maximum atomic E-state index is 12.5. The Labute approximate surface area is 149 Å². The summed E-state index contributed by atoms with van der Waals surface area (Å²) in [7, 11) is 0. The number of carbonyl (C=O) groups is 1. The fraction of sp³-hybridized carbons (Fsp3) is 0.278. The van der Waals surface area contributed by atoms with Crippen LogP contribution in [-0.4, -0.2) is 33.9 Å².